The SMILES string of the molecule is O=S(=O)(CC=Cc1ccccc1C(F)(F)F)C1=CCCc2c1ccc1c2CCc2ccccc2-1. The predicted molar refractivity (Wildman–Crippen MR) is 130 cm³/mol. The molecule has 0 aromatic heterocycles. The Balaban J connectivity index is 1.45. The summed E-state index contributed by atoms with van der Waals surface area (Å²) in [4.78, 5) is 0.282. The van der Waals surface area contributed by atoms with Crippen molar-refractivity contribution in [3.05, 3.63) is 106 Å². The van der Waals surface area contributed by atoms with Crippen LogP contribution in [0.15, 0.2) is 72.8 Å². The van der Waals surface area contributed by atoms with Gasteiger partial charge in [0.05, 0.1) is 16.2 Å². The Morgan fingerprint density at radius 3 is 2.32 bits per heavy atom. The molecule has 0 heterocycles. The smallest absolute Gasteiger partial charge is 0.223 e. The fourth-order valence-corrected chi connectivity index (χ4v) is 6.48. The molecule has 0 atom stereocenters. The van der Waals surface area contributed by atoms with Crippen molar-refractivity contribution in [2.75, 3.05) is 5.75 Å². The Bertz CT molecular complexity index is 1430. The standard InChI is InChI=1S/C28H23F3O2S/c29-28(30,31)26-12-4-2-8-20(26)9-6-18-34(32,33)27-13-5-11-22-24-15-14-19-7-1-3-10-21(19)23(24)16-17-25(22)27/h1-4,6-10,12-13,16-17H,5,11,14-15,18H2. The molecule has 3 aromatic rings. The van der Waals surface area contributed by atoms with Crippen LogP contribution >= 0.6 is 0 Å². The van der Waals surface area contributed by atoms with E-state index in [-0.39, 0.29) is 16.2 Å². The van der Waals surface area contributed by atoms with Crippen LogP contribution in [0.3, 0.4) is 0 Å². The summed E-state index contributed by atoms with van der Waals surface area (Å²) in [5, 5.41) is 0. The number of hydrogen-bond acceptors (Lipinski definition) is 2. The fourth-order valence-electron chi connectivity index (χ4n) is 5.05. The summed E-state index contributed by atoms with van der Waals surface area (Å²) < 4.78 is 66.2. The monoisotopic (exact) mass is 480 g/mol. The average Bonchev–Trinajstić information content (AvgIpc) is 2.82. The average molecular weight is 481 g/mol. The van der Waals surface area contributed by atoms with Crippen LogP contribution in [-0.4, -0.2) is 14.2 Å². The number of rotatable bonds is 4. The van der Waals surface area contributed by atoms with Gasteiger partial charge >= 0.3 is 6.18 Å². The number of aryl methyl sites for hydroxylation is 1. The largest absolute Gasteiger partial charge is 0.416 e. The van der Waals surface area contributed by atoms with Crippen LogP contribution < -0.4 is 0 Å². The molecular formula is C28H23F3O2S. The number of halogens is 3. The Morgan fingerprint density at radius 1 is 0.794 bits per heavy atom. The lowest BCUT2D eigenvalue weighted by molar-refractivity contribution is -0.137. The highest BCUT2D eigenvalue weighted by molar-refractivity contribution is 8.00. The van der Waals surface area contributed by atoms with Gasteiger partial charge in [0, 0.05) is 0 Å². The van der Waals surface area contributed by atoms with E-state index in [9.17, 15) is 21.6 Å². The molecule has 0 fully saturated rings. The third kappa shape index (κ3) is 4.11. The zero-order valence-corrected chi connectivity index (χ0v) is 19.2. The molecule has 0 saturated heterocycles. The first-order valence-corrected chi connectivity index (χ1v) is 12.9. The van der Waals surface area contributed by atoms with Gasteiger partial charge in [0.2, 0.25) is 0 Å². The molecule has 0 N–H and O–H groups in total. The van der Waals surface area contributed by atoms with Gasteiger partial charge < -0.3 is 0 Å². The summed E-state index contributed by atoms with van der Waals surface area (Å²) in [6.45, 7) is 0. The van der Waals surface area contributed by atoms with Crippen molar-refractivity contribution in [3.8, 4) is 11.1 Å². The second-order valence-corrected chi connectivity index (χ2v) is 10.7. The topological polar surface area (TPSA) is 34.1 Å². The molecule has 0 unspecified atom stereocenters. The molecule has 2 nitrogen and oxygen atoms in total. The van der Waals surface area contributed by atoms with Gasteiger partial charge in [-0.05, 0) is 70.7 Å². The molecular weight excluding hydrogens is 457 g/mol. The Labute approximate surface area is 197 Å². The van der Waals surface area contributed by atoms with Gasteiger partial charge in [-0.3, -0.25) is 0 Å². The van der Waals surface area contributed by atoms with Gasteiger partial charge in [-0.1, -0.05) is 72.8 Å². The molecule has 2 aliphatic carbocycles. The third-order valence-electron chi connectivity index (χ3n) is 6.59. The minimum Gasteiger partial charge on any atom is -0.223 e. The third-order valence-corrected chi connectivity index (χ3v) is 8.27. The lowest BCUT2D eigenvalue weighted by atomic mass is 9.79. The molecule has 0 saturated carbocycles. The molecule has 2 aliphatic rings. The van der Waals surface area contributed by atoms with Gasteiger partial charge in [-0.15, -0.1) is 0 Å². The molecule has 0 bridgehead atoms. The summed E-state index contributed by atoms with van der Waals surface area (Å²) in [5.41, 5.74) is 5.88. The quantitative estimate of drug-likeness (QED) is 0.408. The van der Waals surface area contributed by atoms with E-state index in [2.05, 4.69) is 12.1 Å². The van der Waals surface area contributed by atoms with E-state index in [4.69, 9.17) is 0 Å². The van der Waals surface area contributed by atoms with Gasteiger partial charge in [0.25, 0.3) is 0 Å². The minimum atomic E-state index is -4.50. The molecule has 3 aromatic carbocycles. The highest BCUT2D eigenvalue weighted by atomic mass is 32.2. The normalized spacial score (nSPS) is 15.4. The van der Waals surface area contributed by atoms with E-state index in [1.807, 2.05) is 24.3 Å². The van der Waals surface area contributed by atoms with Crippen molar-refractivity contribution in [1.29, 1.82) is 0 Å². The maximum atomic E-state index is 13.2. The molecule has 34 heavy (non-hydrogen) atoms. The first-order valence-electron chi connectivity index (χ1n) is 11.2. The van der Waals surface area contributed by atoms with Crippen LogP contribution in [0.25, 0.3) is 22.1 Å². The van der Waals surface area contributed by atoms with Gasteiger partial charge in [0.15, 0.2) is 9.84 Å². The van der Waals surface area contributed by atoms with E-state index in [1.54, 1.807) is 6.08 Å². The lowest BCUT2D eigenvalue weighted by Crippen LogP contribution is -2.15. The van der Waals surface area contributed by atoms with Crippen molar-refractivity contribution >= 4 is 20.8 Å². The predicted octanol–water partition coefficient (Wildman–Crippen LogP) is 6.89. The zero-order chi connectivity index (χ0) is 23.9. The minimum absolute atomic E-state index is 0.0454. The second kappa shape index (κ2) is 8.58. The van der Waals surface area contributed by atoms with Crippen LogP contribution in [0.5, 0.6) is 0 Å². The van der Waals surface area contributed by atoms with Crippen molar-refractivity contribution < 1.29 is 21.6 Å². The van der Waals surface area contributed by atoms with Crippen molar-refractivity contribution in [3.63, 3.8) is 0 Å². The first kappa shape index (κ1) is 22.7. The highest BCUT2D eigenvalue weighted by Crippen LogP contribution is 2.41. The number of fused-ring (bicyclic) bond motifs is 5. The van der Waals surface area contributed by atoms with Crippen molar-refractivity contribution in [2.24, 2.45) is 0 Å². The van der Waals surface area contributed by atoms with E-state index >= 15 is 0 Å². The maximum absolute atomic E-state index is 13.2. The fraction of sp³-hybridized carbons (Fsp3) is 0.214. The Kier molecular flexibility index (Phi) is 5.72. The lowest BCUT2D eigenvalue weighted by Gasteiger charge is -2.27. The van der Waals surface area contributed by atoms with E-state index in [0.29, 0.717) is 6.42 Å². The van der Waals surface area contributed by atoms with Gasteiger partial charge in [-0.2, -0.15) is 13.2 Å². The number of benzene rings is 3. The van der Waals surface area contributed by atoms with Crippen LogP contribution in [0, 0.1) is 0 Å². The van der Waals surface area contributed by atoms with Crippen LogP contribution in [-0.2, 0) is 35.3 Å². The van der Waals surface area contributed by atoms with Crippen LogP contribution in [0.4, 0.5) is 13.2 Å². The van der Waals surface area contributed by atoms with Crippen LogP contribution in [0.2, 0.25) is 0 Å². The number of alkyl halides is 3. The van der Waals surface area contributed by atoms with E-state index < -0.39 is 21.6 Å². The molecule has 0 aliphatic heterocycles. The first-order chi connectivity index (χ1) is 16.3. The van der Waals surface area contributed by atoms with E-state index in [0.717, 1.165) is 36.5 Å². The summed E-state index contributed by atoms with van der Waals surface area (Å²) in [7, 11) is -3.71. The number of allylic oxidation sites excluding steroid dienone is 1. The summed E-state index contributed by atoms with van der Waals surface area (Å²) in [5.74, 6) is -0.357. The number of hydrogen-bond donors (Lipinski definition) is 0. The van der Waals surface area contributed by atoms with Gasteiger partial charge in [0.1, 0.15) is 0 Å². The second-order valence-electron chi connectivity index (χ2n) is 8.65. The summed E-state index contributed by atoms with van der Waals surface area (Å²) in [6.07, 6.45) is 3.01. The Hall–Kier alpha value is -3.12. The molecule has 5 rings (SSSR count). The van der Waals surface area contributed by atoms with E-state index in [1.165, 1.54) is 52.6 Å². The van der Waals surface area contributed by atoms with Crippen molar-refractivity contribution in [2.45, 2.75) is 31.9 Å². The highest BCUT2D eigenvalue weighted by Gasteiger charge is 2.32. The molecule has 0 amide bonds. The molecule has 0 radical (unpaired) electrons. The Morgan fingerprint density at radius 2 is 1.50 bits per heavy atom. The zero-order valence-electron chi connectivity index (χ0n) is 18.4. The number of sulfone groups is 1. The molecule has 174 valence electrons. The molecule has 6 heteroatoms. The summed E-state index contributed by atoms with van der Waals surface area (Å²) in [6, 6.07) is 17.4. The summed E-state index contributed by atoms with van der Waals surface area (Å²) >= 11 is 0. The molecule has 0 spiro atoms. The maximum Gasteiger partial charge on any atom is 0.416 e. The van der Waals surface area contributed by atoms with Crippen LogP contribution in [0.1, 0.15) is 39.8 Å². The van der Waals surface area contributed by atoms with Crippen molar-refractivity contribution in [1.82, 2.24) is 0 Å². The van der Waals surface area contributed by atoms with Gasteiger partial charge in [-0.25, -0.2) is 8.42 Å².